The lowest BCUT2D eigenvalue weighted by Crippen LogP contribution is -2.41. The molecule has 1 aliphatic rings. The van der Waals surface area contributed by atoms with Crippen LogP contribution in [-0.2, 0) is 19.0 Å². The van der Waals surface area contributed by atoms with E-state index in [1.807, 2.05) is 7.05 Å². The average molecular weight is 517 g/mol. The number of rotatable bonds is 6. The number of hydrogen-bond acceptors (Lipinski definition) is 1. The number of halogens is 2. The number of hydrogen-bond donors (Lipinski definition) is 2. The van der Waals surface area contributed by atoms with Gasteiger partial charge in [-0.2, -0.15) is 0 Å². The van der Waals surface area contributed by atoms with Crippen molar-refractivity contribution in [3.8, 4) is 0 Å². The van der Waals surface area contributed by atoms with E-state index in [1.165, 1.54) is 28.4 Å². The first kappa shape index (κ1) is 20.3. The normalized spacial score (nSPS) is 15.4. The minimum absolute atomic E-state index is 0. The van der Waals surface area contributed by atoms with Crippen LogP contribution in [0.25, 0.3) is 0 Å². The van der Waals surface area contributed by atoms with Crippen molar-refractivity contribution in [2.75, 3.05) is 13.1 Å². The molecule has 25 heavy (non-hydrogen) atoms. The van der Waals surface area contributed by atoms with Crippen LogP contribution in [0.2, 0.25) is 0 Å². The van der Waals surface area contributed by atoms with Crippen molar-refractivity contribution in [1.29, 1.82) is 0 Å². The van der Waals surface area contributed by atoms with E-state index in [0.717, 1.165) is 19.0 Å². The van der Waals surface area contributed by atoms with Crippen LogP contribution in [0.3, 0.4) is 0 Å². The molecule has 136 valence electrons. The van der Waals surface area contributed by atoms with Crippen molar-refractivity contribution < 1.29 is 0 Å². The first-order chi connectivity index (χ1) is 11.6. The van der Waals surface area contributed by atoms with Crippen molar-refractivity contribution in [1.82, 2.24) is 15.2 Å². The molecule has 2 aromatic rings. The maximum Gasteiger partial charge on any atom is 0.191 e. The molecule has 4 nitrogen and oxygen atoms in total. The Balaban J connectivity index is 0.00000225. The van der Waals surface area contributed by atoms with E-state index in [-0.39, 0.29) is 29.4 Å². The molecular formula is C19H26BrIN4. The molecule has 2 N–H and O–H groups in total. The van der Waals surface area contributed by atoms with Crippen LogP contribution in [0.4, 0.5) is 0 Å². The highest BCUT2D eigenvalue weighted by molar-refractivity contribution is 14.0. The van der Waals surface area contributed by atoms with E-state index in [4.69, 9.17) is 4.99 Å². The first-order valence-corrected chi connectivity index (χ1v) is 9.30. The van der Waals surface area contributed by atoms with Crippen molar-refractivity contribution in [2.24, 2.45) is 12.0 Å². The Labute approximate surface area is 175 Å². The predicted octanol–water partition coefficient (Wildman–Crippen LogP) is 4.19. The highest BCUT2D eigenvalue weighted by Crippen LogP contribution is 2.49. The van der Waals surface area contributed by atoms with Gasteiger partial charge in [-0.3, -0.25) is 0 Å². The molecule has 0 bridgehead atoms. The molecule has 0 amide bonds. The third-order valence-corrected chi connectivity index (χ3v) is 5.24. The molecule has 0 atom stereocenters. The Kier molecular flexibility index (Phi) is 7.37. The molecule has 0 aliphatic heterocycles. The second kappa shape index (κ2) is 9.07. The Morgan fingerprint density at radius 2 is 2.00 bits per heavy atom. The quantitative estimate of drug-likeness (QED) is 0.343. The molecular weight excluding hydrogens is 491 g/mol. The number of aromatic nitrogens is 1. The molecule has 1 aliphatic carbocycles. The zero-order valence-electron chi connectivity index (χ0n) is 14.8. The number of benzene rings is 1. The first-order valence-electron chi connectivity index (χ1n) is 8.51. The standard InChI is InChI=1S/C19H25BrN4.HI/c1-3-21-18(22-12-15-8-11-24(2)13-15)23-14-19(9-10-19)16-6-4-5-7-17(16)20;/h4-8,11,13H,3,9-10,12,14H2,1-2H3,(H2,21,22,23);1H. The van der Waals surface area contributed by atoms with Crippen molar-refractivity contribution >= 4 is 45.9 Å². The molecule has 1 aromatic carbocycles. The van der Waals surface area contributed by atoms with Crippen LogP contribution >= 0.6 is 39.9 Å². The van der Waals surface area contributed by atoms with Gasteiger partial charge in [0.25, 0.3) is 0 Å². The van der Waals surface area contributed by atoms with Gasteiger partial charge < -0.3 is 15.2 Å². The molecule has 0 saturated heterocycles. The van der Waals surface area contributed by atoms with Crippen LogP contribution in [0.15, 0.2) is 52.2 Å². The summed E-state index contributed by atoms with van der Waals surface area (Å²) in [4.78, 5) is 4.71. The zero-order chi connectivity index (χ0) is 17.0. The fourth-order valence-corrected chi connectivity index (χ4v) is 3.71. The summed E-state index contributed by atoms with van der Waals surface area (Å²) in [6.45, 7) is 4.57. The van der Waals surface area contributed by atoms with Gasteiger partial charge in [0.05, 0.1) is 6.54 Å². The van der Waals surface area contributed by atoms with Crippen LogP contribution < -0.4 is 10.6 Å². The molecule has 1 saturated carbocycles. The lowest BCUT2D eigenvalue weighted by atomic mass is 9.96. The maximum absolute atomic E-state index is 4.71. The predicted molar refractivity (Wildman–Crippen MR) is 119 cm³/mol. The highest BCUT2D eigenvalue weighted by Gasteiger charge is 2.45. The second-order valence-electron chi connectivity index (χ2n) is 6.49. The van der Waals surface area contributed by atoms with Gasteiger partial charge in [-0.25, -0.2) is 4.99 Å². The Bertz CT molecular complexity index is 722. The fraction of sp³-hybridized carbons (Fsp3) is 0.421. The molecule has 1 heterocycles. The van der Waals surface area contributed by atoms with E-state index in [2.05, 4.69) is 80.8 Å². The summed E-state index contributed by atoms with van der Waals surface area (Å²) >= 11 is 3.70. The van der Waals surface area contributed by atoms with Gasteiger partial charge in [0.15, 0.2) is 5.96 Å². The van der Waals surface area contributed by atoms with Crippen LogP contribution in [0.1, 0.15) is 30.9 Å². The number of guanidine groups is 1. The van der Waals surface area contributed by atoms with Crippen LogP contribution in [0.5, 0.6) is 0 Å². The van der Waals surface area contributed by atoms with E-state index in [0.29, 0.717) is 6.54 Å². The molecule has 0 radical (unpaired) electrons. The van der Waals surface area contributed by atoms with Crippen LogP contribution in [0, 0.1) is 0 Å². The van der Waals surface area contributed by atoms with E-state index < -0.39 is 0 Å². The highest BCUT2D eigenvalue weighted by atomic mass is 127. The summed E-state index contributed by atoms with van der Waals surface area (Å²) in [5.41, 5.74) is 2.86. The van der Waals surface area contributed by atoms with Gasteiger partial charge in [-0.05, 0) is 43.0 Å². The Morgan fingerprint density at radius 1 is 1.24 bits per heavy atom. The van der Waals surface area contributed by atoms with Gasteiger partial charge in [-0.1, -0.05) is 34.1 Å². The number of nitrogens with zero attached hydrogens (tertiary/aromatic N) is 2. The van der Waals surface area contributed by atoms with E-state index in [1.54, 1.807) is 0 Å². The van der Waals surface area contributed by atoms with Crippen molar-refractivity contribution in [2.45, 2.75) is 31.7 Å². The number of aliphatic imine (C=N–C) groups is 1. The summed E-state index contributed by atoms with van der Waals surface area (Å²) in [7, 11) is 2.03. The van der Waals surface area contributed by atoms with Gasteiger partial charge in [0.1, 0.15) is 0 Å². The molecule has 1 aromatic heterocycles. The lowest BCUT2D eigenvalue weighted by molar-refractivity contribution is 0.643. The largest absolute Gasteiger partial charge is 0.357 e. The van der Waals surface area contributed by atoms with Crippen molar-refractivity contribution in [3.05, 3.63) is 58.3 Å². The molecule has 0 spiro atoms. The summed E-state index contributed by atoms with van der Waals surface area (Å²) in [6, 6.07) is 10.7. The van der Waals surface area contributed by atoms with Gasteiger partial charge in [0.2, 0.25) is 0 Å². The summed E-state index contributed by atoms with van der Waals surface area (Å²) in [5.74, 6) is 0.889. The fourth-order valence-electron chi connectivity index (χ4n) is 3.00. The molecule has 3 rings (SSSR count). The Morgan fingerprint density at radius 3 is 2.60 bits per heavy atom. The average Bonchev–Trinajstić information content (AvgIpc) is 3.25. The topological polar surface area (TPSA) is 41.4 Å². The molecule has 6 heteroatoms. The lowest BCUT2D eigenvalue weighted by Gasteiger charge is -2.20. The number of nitrogens with one attached hydrogen (secondary N) is 2. The third kappa shape index (κ3) is 5.23. The summed E-state index contributed by atoms with van der Waals surface area (Å²) in [5, 5.41) is 6.88. The van der Waals surface area contributed by atoms with E-state index >= 15 is 0 Å². The van der Waals surface area contributed by atoms with Gasteiger partial charge in [0, 0.05) is 42.4 Å². The van der Waals surface area contributed by atoms with Gasteiger partial charge >= 0.3 is 0 Å². The zero-order valence-corrected chi connectivity index (χ0v) is 18.7. The molecule has 0 unspecified atom stereocenters. The maximum atomic E-state index is 4.71. The van der Waals surface area contributed by atoms with Gasteiger partial charge in [-0.15, -0.1) is 24.0 Å². The summed E-state index contributed by atoms with van der Waals surface area (Å²) < 4.78 is 3.26. The van der Waals surface area contributed by atoms with Crippen molar-refractivity contribution in [3.63, 3.8) is 0 Å². The van der Waals surface area contributed by atoms with Crippen LogP contribution in [-0.4, -0.2) is 23.6 Å². The molecule has 1 fully saturated rings. The second-order valence-corrected chi connectivity index (χ2v) is 7.35. The van der Waals surface area contributed by atoms with E-state index in [9.17, 15) is 0 Å². The number of aryl methyl sites for hydroxylation is 1. The minimum atomic E-state index is 0. The Hall–Kier alpha value is -1.02. The minimum Gasteiger partial charge on any atom is -0.357 e. The summed E-state index contributed by atoms with van der Waals surface area (Å²) in [6.07, 6.45) is 6.61. The SMILES string of the molecule is CCNC(=NCc1ccn(C)c1)NCC1(c2ccccc2Br)CC1.I. The third-order valence-electron chi connectivity index (χ3n) is 4.55. The smallest absolute Gasteiger partial charge is 0.191 e. The monoisotopic (exact) mass is 516 g/mol.